The number of nitrogens with one attached hydrogen (secondary N) is 1. The Kier molecular flexibility index (Phi) is 9.29. The molecule has 1 unspecified atom stereocenters. The maximum Gasteiger partial charge on any atom is 0.0700 e. The quantitative estimate of drug-likeness (QED) is 0.362. The van der Waals surface area contributed by atoms with Crippen LogP contribution in [0.25, 0.3) is 0 Å². The summed E-state index contributed by atoms with van der Waals surface area (Å²) in [5, 5.41) is 3.32. The lowest BCUT2D eigenvalue weighted by molar-refractivity contribution is 0.201. The first kappa shape index (κ1) is 13.8. The Labute approximate surface area is 88.0 Å². The molecule has 0 aliphatic carbocycles. The first-order valence-corrected chi connectivity index (χ1v) is 5.66. The van der Waals surface area contributed by atoms with Gasteiger partial charge in [0.1, 0.15) is 0 Å². The van der Waals surface area contributed by atoms with Gasteiger partial charge >= 0.3 is 0 Å². The molecule has 0 aromatic rings. The third-order valence-corrected chi connectivity index (χ3v) is 2.18. The van der Waals surface area contributed by atoms with Crippen molar-refractivity contribution in [2.75, 3.05) is 32.7 Å². The van der Waals surface area contributed by atoms with Gasteiger partial charge in [0.2, 0.25) is 0 Å². The molecule has 1 atom stereocenters. The van der Waals surface area contributed by atoms with Crippen LogP contribution in [0.3, 0.4) is 0 Å². The summed E-state index contributed by atoms with van der Waals surface area (Å²) < 4.78 is 0. The molecule has 4 nitrogen and oxygen atoms in total. The number of hydrogen-bond acceptors (Lipinski definition) is 4. The lowest BCUT2D eigenvalue weighted by atomic mass is 10.3. The highest BCUT2D eigenvalue weighted by atomic mass is 15.2. The molecule has 14 heavy (non-hydrogen) atoms. The minimum atomic E-state index is 0.102. The topological polar surface area (TPSA) is 67.3 Å². The average Bonchev–Trinajstić information content (AvgIpc) is 2.18. The second-order valence-corrected chi connectivity index (χ2v) is 3.60. The maximum absolute atomic E-state index is 6.04. The Bertz CT molecular complexity index is 113. The van der Waals surface area contributed by atoms with E-state index in [-0.39, 0.29) is 6.17 Å². The van der Waals surface area contributed by atoms with Gasteiger partial charge < -0.3 is 16.8 Å². The SMILES string of the molecule is CCCNCC(N)N(CCC)CCN. The van der Waals surface area contributed by atoms with Crippen molar-refractivity contribution in [3.8, 4) is 0 Å². The fraction of sp³-hybridized carbons (Fsp3) is 1.00. The molecule has 4 heteroatoms. The highest BCUT2D eigenvalue weighted by Gasteiger charge is 2.11. The van der Waals surface area contributed by atoms with Gasteiger partial charge in [0.15, 0.2) is 0 Å². The van der Waals surface area contributed by atoms with Gasteiger partial charge in [-0.1, -0.05) is 13.8 Å². The first-order valence-electron chi connectivity index (χ1n) is 5.66. The standard InChI is InChI=1S/C10H26N4/c1-3-6-13-9-10(12)14(7-4-2)8-5-11/h10,13H,3-9,11-12H2,1-2H3. The second-order valence-electron chi connectivity index (χ2n) is 3.60. The molecular weight excluding hydrogens is 176 g/mol. The molecule has 0 aromatic carbocycles. The Morgan fingerprint density at radius 2 is 1.93 bits per heavy atom. The highest BCUT2D eigenvalue weighted by Crippen LogP contribution is 1.94. The number of nitrogens with zero attached hydrogens (tertiary/aromatic N) is 1. The summed E-state index contributed by atoms with van der Waals surface area (Å²) in [5.41, 5.74) is 11.6. The van der Waals surface area contributed by atoms with Crippen LogP contribution in [0.1, 0.15) is 26.7 Å². The zero-order chi connectivity index (χ0) is 10.8. The largest absolute Gasteiger partial charge is 0.329 e. The van der Waals surface area contributed by atoms with Crippen LogP contribution < -0.4 is 16.8 Å². The van der Waals surface area contributed by atoms with E-state index in [1.807, 2.05) is 0 Å². The summed E-state index contributed by atoms with van der Waals surface area (Å²) in [6, 6.07) is 0. The zero-order valence-electron chi connectivity index (χ0n) is 9.63. The van der Waals surface area contributed by atoms with E-state index in [1.165, 1.54) is 0 Å². The van der Waals surface area contributed by atoms with E-state index in [0.29, 0.717) is 6.54 Å². The van der Waals surface area contributed by atoms with E-state index in [4.69, 9.17) is 11.5 Å². The summed E-state index contributed by atoms with van der Waals surface area (Å²) in [7, 11) is 0. The second kappa shape index (κ2) is 9.40. The molecule has 0 radical (unpaired) electrons. The van der Waals surface area contributed by atoms with Crippen LogP contribution >= 0.6 is 0 Å². The summed E-state index contributed by atoms with van der Waals surface area (Å²) >= 11 is 0. The van der Waals surface area contributed by atoms with Gasteiger partial charge in [-0.25, -0.2) is 0 Å². The molecular formula is C10H26N4. The summed E-state index contributed by atoms with van der Waals surface area (Å²) in [4.78, 5) is 2.24. The van der Waals surface area contributed by atoms with Crippen molar-refractivity contribution >= 4 is 0 Å². The van der Waals surface area contributed by atoms with Gasteiger partial charge in [-0.2, -0.15) is 0 Å². The molecule has 0 saturated carbocycles. The third-order valence-electron chi connectivity index (χ3n) is 2.18. The third kappa shape index (κ3) is 6.32. The van der Waals surface area contributed by atoms with E-state index in [1.54, 1.807) is 0 Å². The van der Waals surface area contributed by atoms with Crippen LogP contribution in [-0.4, -0.2) is 43.8 Å². The lowest BCUT2D eigenvalue weighted by Crippen LogP contribution is -2.50. The van der Waals surface area contributed by atoms with Gasteiger partial charge in [-0.15, -0.1) is 0 Å². The Hall–Kier alpha value is -0.160. The molecule has 0 aromatic heterocycles. The Morgan fingerprint density at radius 3 is 2.43 bits per heavy atom. The van der Waals surface area contributed by atoms with Crippen LogP contribution in [-0.2, 0) is 0 Å². The lowest BCUT2D eigenvalue weighted by Gasteiger charge is -2.28. The molecule has 0 aliphatic rings. The minimum Gasteiger partial charge on any atom is -0.329 e. The van der Waals surface area contributed by atoms with Crippen molar-refractivity contribution in [1.29, 1.82) is 0 Å². The monoisotopic (exact) mass is 202 g/mol. The number of hydrogen-bond donors (Lipinski definition) is 3. The maximum atomic E-state index is 6.04. The van der Waals surface area contributed by atoms with Crippen LogP contribution in [0, 0.1) is 0 Å². The van der Waals surface area contributed by atoms with E-state index < -0.39 is 0 Å². The molecule has 5 N–H and O–H groups in total. The van der Waals surface area contributed by atoms with Gasteiger partial charge in [-0.3, -0.25) is 4.90 Å². The van der Waals surface area contributed by atoms with E-state index >= 15 is 0 Å². The van der Waals surface area contributed by atoms with Gasteiger partial charge in [-0.05, 0) is 25.9 Å². The average molecular weight is 202 g/mol. The van der Waals surface area contributed by atoms with E-state index in [9.17, 15) is 0 Å². The smallest absolute Gasteiger partial charge is 0.0700 e. The predicted octanol–water partition coefficient (Wildman–Crippen LogP) is -0.0585. The van der Waals surface area contributed by atoms with Crippen molar-refractivity contribution in [3.63, 3.8) is 0 Å². The molecule has 0 amide bonds. The van der Waals surface area contributed by atoms with Crippen LogP contribution in [0.5, 0.6) is 0 Å². The van der Waals surface area contributed by atoms with Crippen LogP contribution in [0.15, 0.2) is 0 Å². The van der Waals surface area contributed by atoms with Crippen molar-refractivity contribution in [2.45, 2.75) is 32.9 Å². The summed E-state index contributed by atoms with van der Waals surface area (Å²) in [5.74, 6) is 0. The van der Waals surface area contributed by atoms with E-state index in [2.05, 4.69) is 24.1 Å². The predicted molar refractivity (Wildman–Crippen MR) is 62.1 cm³/mol. The van der Waals surface area contributed by atoms with Crippen LogP contribution in [0.2, 0.25) is 0 Å². The first-order chi connectivity index (χ1) is 6.76. The zero-order valence-corrected chi connectivity index (χ0v) is 9.63. The van der Waals surface area contributed by atoms with Crippen molar-refractivity contribution in [1.82, 2.24) is 10.2 Å². The number of nitrogens with two attached hydrogens (primary N) is 2. The number of rotatable bonds is 9. The highest BCUT2D eigenvalue weighted by molar-refractivity contribution is 4.68. The van der Waals surface area contributed by atoms with E-state index in [0.717, 1.165) is 39.0 Å². The minimum absolute atomic E-state index is 0.102. The molecule has 0 fully saturated rings. The van der Waals surface area contributed by atoms with Gasteiger partial charge in [0.05, 0.1) is 6.17 Å². The normalized spacial score (nSPS) is 13.5. The molecule has 0 saturated heterocycles. The summed E-state index contributed by atoms with van der Waals surface area (Å²) in [6.07, 6.45) is 2.38. The van der Waals surface area contributed by atoms with Gasteiger partial charge in [0, 0.05) is 19.6 Å². The molecule has 0 rings (SSSR count). The fourth-order valence-corrected chi connectivity index (χ4v) is 1.45. The molecule has 0 heterocycles. The molecule has 86 valence electrons. The van der Waals surface area contributed by atoms with Crippen LogP contribution in [0.4, 0.5) is 0 Å². The van der Waals surface area contributed by atoms with Gasteiger partial charge in [0.25, 0.3) is 0 Å². The Morgan fingerprint density at radius 1 is 1.21 bits per heavy atom. The molecule has 0 spiro atoms. The van der Waals surface area contributed by atoms with Crippen molar-refractivity contribution < 1.29 is 0 Å². The van der Waals surface area contributed by atoms with Crippen molar-refractivity contribution in [3.05, 3.63) is 0 Å². The molecule has 0 bridgehead atoms. The Balaban J connectivity index is 3.69. The summed E-state index contributed by atoms with van der Waals surface area (Å²) in [6.45, 7) is 8.82. The van der Waals surface area contributed by atoms with Crippen molar-refractivity contribution in [2.24, 2.45) is 11.5 Å². The molecule has 0 aliphatic heterocycles. The fourth-order valence-electron chi connectivity index (χ4n) is 1.45.